The van der Waals surface area contributed by atoms with E-state index >= 15 is 0 Å². The minimum atomic E-state index is -0.259. The standard InChI is InChI=1S/C19H21N3O/c1-14-6-4-5-7-17(14)13-22(3)15(2)19(23)21-18-10-8-16(12-20)9-11-18/h4-11,15H,13H2,1-3H3,(H,21,23)/t15-/m0/s1. The van der Waals surface area contributed by atoms with E-state index in [9.17, 15) is 4.79 Å². The Hall–Kier alpha value is -2.64. The van der Waals surface area contributed by atoms with Crippen LogP contribution in [-0.4, -0.2) is 23.9 Å². The number of rotatable bonds is 5. The molecule has 0 heterocycles. The average Bonchev–Trinajstić information content (AvgIpc) is 2.56. The topological polar surface area (TPSA) is 56.1 Å². The fourth-order valence-electron chi connectivity index (χ4n) is 2.27. The van der Waals surface area contributed by atoms with E-state index in [0.29, 0.717) is 17.8 Å². The Morgan fingerprint density at radius 1 is 1.22 bits per heavy atom. The zero-order chi connectivity index (χ0) is 16.8. The number of nitrogens with zero attached hydrogens (tertiary/aromatic N) is 2. The van der Waals surface area contributed by atoms with Crippen LogP contribution in [0.1, 0.15) is 23.6 Å². The van der Waals surface area contributed by atoms with Crippen LogP contribution in [0.15, 0.2) is 48.5 Å². The van der Waals surface area contributed by atoms with E-state index in [1.165, 1.54) is 11.1 Å². The second-order valence-corrected chi connectivity index (χ2v) is 5.70. The molecule has 0 unspecified atom stereocenters. The van der Waals surface area contributed by atoms with Crippen molar-refractivity contribution in [3.63, 3.8) is 0 Å². The molecule has 0 aliphatic carbocycles. The highest BCUT2D eigenvalue weighted by molar-refractivity contribution is 5.94. The first-order chi connectivity index (χ1) is 11.0. The van der Waals surface area contributed by atoms with E-state index in [1.54, 1.807) is 24.3 Å². The third-order valence-corrected chi connectivity index (χ3v) is 4.00. The van der Waals surface area contributed by atoms with Crippen LogP contribution in [0.2, 0.25) is 0 Å². The van der Waals surface area contributed by atoms with E-state index in [1.807, 2.05) is 31.0 Å². The van der Waals surface area contributed by atoms with Crippen LogP contribution in [0, 0.1) is 18.3 Å². The van der Waals surface area contributed by atoms with Crippen LogP contribution in [0.25, 0.3) is 0 Å². The van der Waals surface area contributed by atoms with Crippen LogP contribution >= 0.6 is 0 Å². The molecule has 2 aromatic rings. The molecular weight excluding hydrogens is 286 g/mol. The van der Waals surface area contributed by atoms with Gasteiger partial charge in [0.05, 0.1) is 17.7 Å². The smallest absolute Gasteiger partial charge is 0.241 e. The molecule has 1 N–H and O–H groups in total. The number of carbonyl (C=O) groups excluding carboxylic acids is 1. The summed E-state index contributed by atoms with van der Waals surface area (Å²) in [5, 5.41) is 11.7. The highest BCUT2D eigenvalue weighted by atomic mass is 16.2. The number of likely N-dealkylation sites (N-methyl/N-ethyl adjacent to an activating group) is 1. The maximum Gasteiger partial charge on any atom is 0.241 e. The molecule has 4 nitrogen and oxygen atoms in total. The molecule has 0 radical (unpaired) electrons. The van der Waals surface area contributed by atoms with Crippen molar-refractivity contribution in [2.24, 2.45) is 0 Å². The first-order valence-corrected chi connectivity index (χ1v) is 7.57. The van der Waals surface area contributed by atoms with Crippen LogP contribution in [-0.2, 0) is 11.3 Å². The average molecular weight is 307 g/mol. The Morgan fingerprint density at radius 2 is 1.87 bits per heavy atom. The predicted octanol–water partition coefficient (Wildman–Crippen LogP) is 3.33. The fourth-order valence-corrected chi connectivity index (χ4v) is 2.27. The molecule has 0 saturated carbocycles. The Morgan fingerprint density at radius 3 is 2.48 bits per heavy atom. The zero-order valence-electron chi connectivity index (χ0n) is 13.7. The molecule has 0 spiro atoms. The number of amides is 1. The normalized spacial score (nSPS) is 11.8. The number of carbonyl (C=O) groups is 1. The monoisotopic (exact) mass is 307 g/mol. The van der Waals surface area contributed by atoms with Crippen LogP contribution < -0.4 is 5.32 Å². The van der Waals surface area contributed by atoms with Gasteiger partial charge in [0.2, 0.25) is 5.91 Å². The first kappa shape index (κ1) is 16.7. The number of anilines is 1. The first-order valence-electron chi connectivity index (χ1n) is 7.57. The third kappa shape index (κ3) is 4.41. The number of aryl methyl sites for hydroxylation is 1. The summed E-state index contributed by atoms with van der Waals surface area (Å²) in [6, 6.07) is 16.8. The molecule has 118 valence electrons. The van der Waals surface area contributed by atoms with Crippen molar-refractivity contribution in [2.75, 3.05) is 12.4 Å². The lowest BCUT2D eigenvalue weighted by molar-refractivity contribution is -0.120. The maximum absolute atomic E-state index is 12.4. The lowest BCUT2D eigenvalue weighted by atomic mass is 10.1. The summed E-state index contributed by atoms with van der Waals surface area (Å²) in [4.78, 5) is 14.4. The second kappa shape index (κ2) is 7.57. The number of hydrogen-bond donors (Lipinski definition) is 1. The predicted molar refractivity (Wildman–Crippen MR) is 91.9 cm³/mol. The summed E-state index contributed by atoms with van der Waals surface area (Å²) in [7, 11) is 1.94. The van der Waals surface area contributed by atoms with Crippen molar-refractivity contribution >= 4 is 11.6 Å². The largest absolute Gasteiger partial charge is 0.325 e. The van der Waals surface area contributed by atoms with Crippen molar-refractivity contribution in [3.8, 4) is 6.07 Å². The second-order valence-electron chi connectivity index (χ2n) is 5.70. The van der Waals surface area contributed by atoms with E-state index in [0.717, 1.165) is 0 Å². The van der Waals surface area contributed by atoms with Crippen molar-refractivity contribution in [2.45, 2.75) is 26.4 Å². The SMILES string of the molecule is Cc1ccccc1CN(C)[C@@H](C)C(=O)Nc1ccc(C#N)cc1. The summed E-state index contributed by atoms with van der Waals surface area (Å²) in [5.74, 6) is -0.0641. The summed E-state index contributed by atoms with van der Waals surface area (Å²) >= 11 is 0. The molecule has 4 heteroatoms. The van der Waals surface area contributed by atoms with Gasteiger partial charge in [-0.05, 0) is 56.3 Å². The van der Waals surface area contributed by atoms with Crippen molar-refractivity contribution in [1.82, 2.24) is 4.90 Å². The number of hydrogen-bond acceptors (Lipinski definition) is 3. The molecule has 2 aromatic carbocycles. The summed E-state index contributed by atoms with van der Waals surface area (Å²) in [5.41, 5.74) is 3.71. The Balaban J connectivity index is 1.98. The molecule has 1 atom stereocenters. The van der Waals surface area contributed by atoms with Gasteiger partial charge in [-0.3, -0.25) is 9.69 Å². The fraction of sp³-hybridized carbons (Fsp3) is 0.263. The highest BCUT2D eigenvalue weighted by Crippen LogP contribution is 2.13. The van der Waals surface area contributed by atoms with Crippen LogP contribution in [0.4, 0.5) is 5.69 Å². The molecule has 0 aromatic heterocycles. The highest BCUT2D eigenvalue weighted by Gasteiger charge is 2.18. The Labute approximate surface area is 137 Å². The minimum absolute atomic E-state index is 0.0641. The van der Waals surface area contributed by atoms with Crippen molar-refractivity contribution in [1.29, 1.82) is 5.26 Å². The molecule has 0 bridgehead atoms. The number of benzene rings is 2. The van der Waals surface area contributed by atoms with E-state index < -0.39 is 0 Å². The molecule has 0 fully saturated rings. The zero-order valence-corrected chi connectivity index (χ0v) is 13.7. The molecule has 2 rings (SSSR count). The van der Waals surface area contributed by atoms with E-state index in [2.05, 4.69) is 30.4 Å². The quantitative estimate of drug-likeness (QED) is 0.922. The van der Waals surface area contributed by atoms with Gasteiger partial charge >= 0.3 is 0 Å². The summed E-state index contributed by atoms with van der Waals surface area (Å²) in [6.45, 7) is 4.68. The van der Waals surface area contributed by atoms with Crippen molar-refractivity contribution < 1.29 is 4.79 Å². The van der Waals surface area contributed by atoms with Gasteiger partial charge in [0.1, 0.15) is 0 Å². The summed E-state index contributed by atoms with van der Waals surface area (Å²) < 4.78 is 0. The van der Waals surface area contributed by atoms with E-state index in [-0.39, 0.29) is 11.9 Å². The van der Waals surface area contributed by atoms with E-state index in [4.69, 9.17) is 5.26 Å². The van der Waals surface area contributed by atoms with Crippen molar-refractivity contribution in [3.05, 3.63) is 65.2 Å². The molecule has 1 amide bonds. The number of nitrogens with one attached hydrogen (secondary N) is 1. The Bertz CT molecular complexity index is 716. The molecular formula is C19H21N3O. The Kier molecular flexibility index (Phi) is 5.51. The summed E-state index contributed by atoms with van der Waals surface area (Å²) in [6.07, 6.45) is 0. The van der Waals surface area contributed by atoms with Gasteiger partial charge in [-0.1, -0.05) is 24.3 Å². The third-order valence-electron chi connectivity index (χ3n) is 4.00. The lowest BCUT2D eigenvalue weighted by Gasteiger charge is -2.24. The van der Waals surface area contributed by atoms with Gasteiger partial charge in [-0.25, -0.2) is 0 Å². The van der Waals surface area contributed by atoms with Gasteiger partial charge in [0, 0.05) is 12.2 Å². The molecule has 0 aliphatic rings. The van der Waals surface area contributed by atoms with Crippen LogP contribution in [0.5, 0.6) is 0 Å². The maximum atomic E-state index is 12.4. The molecule has 0 saturated heterocycles. The molecule has 0 aliphatic heterocycles. The van der Waals surface area contributed by atoms with Crippen LogP contribution in [0.3, 0.4) is 0 Å². The lowest BCUT2D eigenvalue weighted by Crippen LogP contribution is -2.39. The van der Waals surface area contributed by atoms with Gasteiger partial charge in [0.25, 0.3) is 0 Å². The number of nitriles is 1. The minimum Gasteiger partial charge on any atom is -0.325 e. The van der Waals surface area contributed by atoms with Gasteiger partial charge in [-0.15, -0.1) is 0 Å². The molecule has 23 heavy (non-hydrogen) atoms. The van der Waals surface area contributed by atoms with Gasteiger partial charge in [0.15, 0.2) is 0 Å². The van der Waals surface area contributed by atoms with Gasteiger partial charge < -0.3 is 5.32 Å². The van der Waals surface area contributed by atoms with Gasteiger partial charge in [-0.2, -0.15) is 5.26 Å².